The maximum Gasteiger partial charge on any atom is 0.323 e. The van der Waals surface area contributed by atoms with Crippen LogP contribution in [-0.2, 0) is 21.5 Å². The molecule has 2 aromatic carbocycles. The number of nitrogens with one attached hydrogen (secondary N) is 3. The van der Waals surface area contributed by atoms with Crippen molar-refractivity contribution >= 4 is 23.5 Å². The summed E-state index contributed by atoms with van der Waals surface area (Å²) >= 11 is 0. The average Bonchev–Trinajstić information content (AvgIpc) is 3.01. The van der Waals surface area contributed by atoms with E-state index in [2.05, 4.69) is 16.0 Å². The Morgan fingerprint density at radius 3 is 2.29 bits per heavy atom. The average molecular weight is 325 g/mol. The summed E-state index contributed by atoms with van der Waals surface area (Å²) < 4.78 is 14.5. The van der Waals surface area contributed by atoms with E-state index in [-0.39, 0.29) is 17.5 Å². The molecule has 0 saturated carbocycles. The zero-order valence-corrected chi connectivity index (χ0v) is 12.4. The first kappa shape index (κ1) is 14.4. The summed E-state index contributed by atoms with van der Waals surface area (Å²) in [5, 5.41) is 6.97. The molecule has 1 atom stereocenters. The van der Waals surface area contributed by atoms with Gasteiger partial charge in [-0.05, 0) is 17.7 Å². The lowest BCUT2D eigenvalue weighted by atomic mass is 9.85. The van der Waals surface area contributed by atoms with E-state index in [9.17, 15) is 18.8 Å². The molecule has 1 spiro atoms. The molecule has 24 heavy (non-hydrogen) atoms. The molecule has 1 unspecified atom stereocenters. The Hall–Kier alpha value is -3.22. The van der Waals surface area contributed by atoms with Crippen LogP contribution < -0.4 is 16.0 Å². The molecular weight excluding hydrogens is 313 g/mol. The van der Waals surface area contributed by atoms with Crippen molar-refractivity contribution in [3.8, 4) is 0 Å². The maximum atomic E-state index is 14.5. The first-order valence-corrected chi connectivity index (χ1v) is 7.33. The Kier molecular flexibility index (Phi) is 2.93. The lowest BCUT2D eigenvalue weighted by Crippen LogP contribution is -2.50. The Morgan fingerprint density at radius 2 is 1.62 bits per heavy atom. The van der Waals surface area contributed by atoms with Crippen molar-refractivity contribution in [2.24, 2.45) is 0 Å². The molecule has 0 aliphatic carbocycles. The Bertz CT molecular complexity index is 897. The Labute approximate surface area is 136 Å². The molecule has 2 aromatic rings. The fourth-order valence-corrected chi connectivity index (χ4v) is 3.25. The second kappa shape index (κ2) is 4.89. The molecule has 2 aliphatic rings. The Morgan fingerprint density at radius 1 is 0.917 bits per heavy atom. The summed E-state index contributed by atoms with van der Waals surface area (Å²) in [4.78, 5) is 36.3. The van der Waals surface area contributed by atoms with Crippen LogP contribution in [0.2, 0.25) is 0 Å². The van der Waals surface area contributed by atoms with E-state index in [0.717, 1.165) is 5.56 Å². The van der Waals surface area contributed by atoms with Crippen LogP contribution in [0.25, 0.3) is 0 Å². The molecule has 4 amide bonds. The van der Waals surface area contributed by atoms with Crippen LogP contribution in [0.1, 0.15) is 16.7 Å². The van der Waals surface area contributed by atoms with Crippen molar-refractivity contribution in [1.82, 2.24) is 10.6 Å². The third-order valence-electron chi connectivity index (χ3n) is 4.31. The third-order valence-corrected chi connectivity index (χ3v) is 4.31. The minimum Gasteiger partial charge on any atom is -0.323 e. The van der Waals surface area contributed by atoms with Gasteiger partial charge in [0.1, 0.15) is 5.82 Å². The van der Waals surface area contributed by atoms with Gasteiger partial charge in [-0.2, -0.15) is 0 Å². The first-order valence-electron chi connectivity index (χ1n) is 7.33. The third kappa shape index (κ3) is 1.84. The number of hydrogen-bond acceptors (Lipinski definition) is 3. The van der Waals surface area contributed by atoms with E-state index >= 15 is 0 Å². The standard InChI is InChI=1S/C17H12FN3O3/c18-11-6-7-12-13(10(11)8-9-4-2-1-3-5-9)17(14(22)19-12)15(23)20-16(24)21-17/h1-7H,8H2,(H,19,22)(H2,20,21,23,24). The van der Waals surface area contributed by atoms with Gasteiger partial charge in [-0.25, -0.2) is 9.18 Å². The number of imide groups is 1. The monoisotopic (exact) mass is 325 g/mol. The fraction of sp³-hybridized carbons (Fsp3) is 0.118. The second-order valence-electron chi connectivity index (χ2n) is 5.72. The highest BCUT2D eigenvalue weighted by Crippen LogP contribution is 2.41. The number of anilines is 1. The largest absolute Gasteiger partial charge is 0.323 e. The van der Waals surface area contributed by atoms with Gasteiger partial charge in [-0.1, -0.05) is 30.3 Å². The highest BCUT2D eigenvalue weighted by molar-refractivity contribution is 6.27. The molecule has 120 valence electrons. The molecule has 0 bridgehead atoms. The topological polar surface area (TPSA) is 87.3 Å². The van der Waals surface area contributed by atoms with Gasteiger partial charge in [-0.3, -0.25) is 14.9 Å². The van der Waals surface area contributed by atoms with Crippen LogP contribution in [0.4, 0.5) is 14.9 Å². The van der Waals surface area contributed by atoms with Gasteiger partial charge in [0.2, 0.25) is 5.54 Å². The van der Waals surface area contributed by atoms with E-state index in [4.69, 9.17) is 0 Å². The summed E-state index contributed by atoms with van der Waals surface area (Å²) in [5.41, 5.74) is -0.402. The molecule has 6 nitrogen and oxygen atoms in total. The Balaban J connectivity index is 1.92. The smallest absolute Gasteiger partial charge is 0.323 e. The van der Waals surface area contributed by atoms with E-state index in [0.29, 0.717) is 5.69 Å². The minimum absolute atomic E-state index is 0.166. The highest BCUT2D eigenvalue weighted by atomic mass is 19.1. The van der Waals surface area contributed by atoms with E-state index in [1.807, 2.05) is 30.3 Å². The van der Waals surface area contributed by atoms with Gasteiger partial charge >= 0.3 is 6.03 Å². The van der Waals surface area contributed by atoms with E-state index in [1.165, 1.54) is 12.1 Å². The van der Waals surface area contributed by atoms with Crippen LogP contribution >= 0.6 is 0 Å². The highest BCUT2D eigenvalue weighted by Gasteiger charge is 2.59. The van der Waals surface area contributed by atoms with Crippen LogP contribution in [0.5, 0.6) is 0 Å². The number of rotatable bonds is 2. The normalized spacial score (nSPS) is 21.5. The van der Waals surface area contributed by atoms with Crippen molar-refractivity contribution < 1.29 is 18.8 Å². The summed E-state index contributed by atoms with van der Waals surface area (Å²) in [6.07, 6.45) is 0.190. The van der Waals surface area contributed by atoms with Crippen molar-refractivity contribution in [3.63, 3.8) is 0 Å². The number of amides is 4. The van der Waals surface area contributed by atoms with E-state index < -0.39 is 29.2 Å². The number of carbonyl (C=O) groups excluding carboxylic acids is 3. The first-order chi connectivity index (χ1) is 11.5. The zero-order chi connectivity index (χ0) is 16.9. The number of hydrogen-bond donors (Lipinski definition) is 3. The SMILES string of the molecule is O=C1NC(=O)C2(N1)C(=O)Nc1ccc(F)c(Cc3ccccc3)c12. The fourth-order valence-electron chi connectivity index (χ4n) is 3.25. The zero-order valence-electron chi connectivity index (χ0n) is 12.4. The second-order valence-corrected chi connectivity index (χ2v) is 5.72. The molecule has 0 aromatic heterocycles. The number of benzene rings is 2. The van der Waals surface area contributed by atoms with Gasteiger partial charge in [-0.15, -0.1) is 0 Å². The van der Waals surface area contributed by atoms with Crippen LogP contribution in [0, 0.1) is 5.82 Å². The lowest BCUT2D eigenvalue weighted by Gasteiger charge is -2.21. The van der Waals surface area contributed by atoms with Gasteiger partial charge in [0.05, 0.1) is 0 Å². The van der Waals surface area contributed by atoms with Gasteiger partial charge in [0.15, 0.2) is 0 Å². The number of carbonyl (C=O) groups is 3. The molecule has 1 saturated heterocycles. The molecule has 7 heteroatoms. The predicted octanol–water partition coefficient (Wildman–Crippen LogP) is 1.40. The molecular formula is C17H12FN3O3. The molecule has 1 fully saturated rings. The van der Waals surface area contributed by atoms with Crippen LogP contribution in [-0.4, -0.2) is 17.8 Å². The molecule has 3 N–H and O–H groups in total. The van der Waals surface area contributed by atoms with Crippen molar-refractivity contribution in [2.45, 2.75) is 12.0 Å². The lowest BCUT2D eigenvalue weighted by molar-refractivity contribution is -0.132. The van der Waals surface area contributed by atoms with Crippen molar-refractivity contribution in [1.29, 1.82) is 0 Å². The van der Waals surface area contributed by atoms with Gasteiger partial charge < -0.3 is 10.6 Å². The molecule has 2 aliphatic heterocycles. The number of fused-ring (bicyclic) bond motifs is 2. The summed E-state index contributed by atoms with van der Waals surface area (Å²) in [6.45, 7) is 0. The number of halogens is 1. The summed E-state index contributed by atoms with van der Waals surface area (Å²) in [6, 6.07) is 11.0. The number of urea groups is 1. The minimum atomic E-state index is -1.92. The van der Waals surface area contributed by atoms with Crippen LogP contribution in [0.15, 0.2) is 42.5 Å². The van der Waals surface area contributed by atoms with Gasteiger partial charge in [0.25, 0.3) is 11.8 Å². The van der Waals surface area contributed by atoms with Crippen LogP contribution in [0.3, 0.4) is 0 Å². The molecule has 2 heterocycles. The van der Waals surface area contributed by atoms with Gasteiger partial charge in [0, 0.05) is 23.2 Å². The molecule has 0 radical (unpaired) electrons. The van der Waals surface area contributed by atoms with Crippen molar-refractivity contribution in [3.05, 3.63) is 65.0 Å². The quantitative estimate of drug-likeness (QED) is 0.576. The summed E-state index contributed by atoms with van der Waals surface area (Å²) in [7, 11) is 0. The van der Waals surface area contributed by atoms with Crippen molar-refractivity contribution in [2.75, 3.05) is 5.32 Å². The maximum absolute atomic E-state index is 14.5. The summed E-state index contributed by atoms with van der Waals surface area (Å²) in [5.74, 6) is -2.04. The predicted molar refractivity (Wildman–Crippen MR) is 82.6 cm³/mol. The molecule has 4 rings (SSSR count). The van der Waals surface area contributed by atoms with E-state index in [1.54, 1.807) is 0 Å².